The number of nitrogens with zero attached hydrogens (tertiary/aromatic N) is 4. The number of piperazine rings is 1. The maximum absolute atomic E-state index is 13.0. The van der Waals surface area contributed by atoms with Crippen molar-refractivity contribution in [1.82, 2.24) is 19.0 Å². The first-order valence-corrected chi connectivity index (χ1v) is 13.2. The third-order valence-electron chi connectivity index (χ3n) is 6.93. The monoisotopic (exact) mass is 462 g/mol. The molecule has 1 aromatic rings. The van der Waals surface area contributed by atoms with E-state index in [2.05, 4.69) is 11.9 Å². The third-order valence-corrected chi connectivity index (χ3v) is 8.84. The molecule has 3 aliphatic heterocycles. The highest BCUT2D eigenvalue weighted by molar-refractivity contribution is 7.89. The van der Waals surface area contributed by atoms with E-state index in [1.54, 1.807) is 29.2 Å². The Labute approximate surface area is 191 Å². The zero-order valence-electron chi connectivity index (χ0n) is 18.9. The van der Waals surface area contributed by atoms with Crippen molar-refractivity contribution < 1.29 is 18.0 Å². The average molecular weight is 463 g/mol. The lowest BCUT2D eigenvalue weighted by atomic mass is 10.1. The Hall–Kier alpha value is -1.97. The molecule has 4 rings (SSSR count). The summed E-state index contributed by atoms with van der Waals surface area (Å²) >= 11 is 0. The van der Waals surface area contributed by atoms with Crippen LogP contribution >= 0.6 is 0 Å². The Morgan fingerprint density at radius 3 is 2.22 bits per heavy atom. The van der Waals surface area contributed by atoms with E-state index in [4.69, 9.17) is 0 Å². The molecule has 1 atom stereocenters. The molecule has 176 valence electrons. The van der Waals surface area contributed by atoms with Crippen molar-refractivity contribution >= 4 is 21.8 Å². The minimum Gasteiger partial charge on any atom is -0.338 e. The summed E-state index contributed by atoms with van der Waals surface area (Å²) in [5.74, 6) is 0.0872. The first-order chi connectivity index (χ1) is 15.4. The summed E-state index contributed by atoms with van der Waals surface area (Å²) in [6.45, 7) is 4.99. The van der Waals surface area contributed by atoms with Crippen LogP contribution in [0.4, 0.5) is 0 Å². The molecule has 0 aromatic heterocycles. The zero-order valence-corrected chi connectivity index (χ0v) is 19.7. The Bertz CT molecular complexity index is 920. The molecule has 0 bridgehead atoms. The largest absolute Gasteiger partial charge is 0.338 e. The summed E-state index contributed by atoms with van der Waals surface area (Å²) in [5, 5.41) is 0. The molecule has 1 aromatic carbocycles. The molecule has 3 fully saturated rings. The fourth-order valence-corrected chi connectivity index (χ4v) is 6.38. The number of likely N-dealkylation sites (N-methyl/N-ethyl adjacent to an activating group) is 1. The highest BCUT2D eigenvalue weighted by atomic mass is 32.2. The molecule has 1 unspecified atom stereocenters. The topological polar surface area (TPSA) is 81.2 Å². The molecule has 0 saturated carbocycles. The van der Waals surface area contributed by atoms with E-state index in [1.807, 2.05) is 4.90 Å². The van der Waals surface area contributed by atoms with Crippen LogP contribution in [0.2, 0.25) is 0 Å². The van der Waals surface area contributed by atoms with Crippen molar-refractivity contribution in [2.24, 2.45) is 0 Å². The van der Waals surface area contributed by atoms with Crippen molar-refractivity contribution in [2.45, 2.75) is 49.5 Å². The molecule has 3 saturated heterocycles. The van der Waals surface area contributed by atoms with E-state index in [9.17, 15) is 18.0 Å². The van der Waals surface area contributed by atoms with E-state index in [0.29, 0.717) is 37.4 Å². The van der Waals surface area contributed by atoms with Gasteiger partial charge in [-0.25, -0.2) is 8.42 Å². The van der Waals surface area contributed by atoms with Crippen LogP contribution < -0.4 is 0 Å². The number of rotatable bonds is 6. The van der Waals surface area contributed by atoms with Crippen LogP contribution in [0.15, 0.2) is 29.2 Å². The number of hydrogen-bond donors (Lipinski definition) is 0. The number of sulfonamides is 1. The second-order valence-corrected chi connectivity index (χ2v) is 11.1. The lowest BCUT2D eigenvalue weighted by molar-refractivity contribution is -0.144. The molecule has 9 heteroatoms. The Morgan fingerprint density at radius 2 is 1.56 bits per heavy atom. The number of likely N-dealkylation sites (tertiary alicyclic amines) is 1. The number of carbonyl (C=O) groups excluding carboxylic acids is 2. The Balaban J connectivity index is 1.32. The number of carbonyl (C=O) groups is 2. The first-order valence-electron chi connectivity index (χ1n) is 11.7. The van der Waals surface area contributed by atoms with E-state index in [0.717, 1.165) is 57.4 Å². The van der Waals surface area contributed by atoms with Gasteiger partial charge in [0.25, 0.3) is 0 Å². The third kappa shape index (κ3) is 5.00. The molecule has 0 N–H and O–H groups in total. The molecule has 0 aliphatic carbocycles. The van der Waals surface area contributed by atoms with E-state index < -0.39 is 10.0 Å². The molecular weight excluding hydrogens is 428 g/mol. The highest BCUT2D eigenvalue weighted by Crippen LogP contribution is 2.23. The molecule has 2 amide bonds. The van der Waals surface area contributed by atoms with Gasteiger partial charge in [-0.1, -0.05) is 12.1 Å². The van der Waals surface area contributed by atoms with Crippen LogP contribution in [0.25, 0.3) is 0 Å². The summed E-state index contributed by atoms with van der Waals surface area (Å²) in [6, 6.07) is 6.55. The van der Waals surface area contributed by atoms with Gasteiger partial charge in [0, 0.05) is 52.2 Å². The lowest BCUT2D eigenvalue weighted by Crippen LogP contribution is -2.53. The van der Waals surface area contributed by atoms with Crippen LogP contribution in [0.5, 0.6) is 0 Å². The van der Waals surface area contributed by atoms with Gasteiger partial charge >= 0.3 is 0 Å². The maximum Gasteiger partial charge on any atom is 0.245 e. The second kappa shape index (κ2) is 9.89. The normalized spacial score (nSPS) is 23.1. The summed E-state index contributed by atoms with van der Waals surface area (Å²) < 4.78 is 26.9. The minimum absolute atomic E-state index is 0.00347. The quantitative estimate of drug-likeness (QED) is 0.634. The lowest BCUT2D eigenvalue weighted by Gasteiger charge is -2.35. The number of amides is 2. The Kier molecular flexibility index (Phi) is 7.17. The van der Waals surface area contributed by atoms with Crippen molar-refractivity contribution in [3.63, 3.8) is 0 Å². The van der Waals surface area contributed by atoms with Crippen molar-refractivity contribution in [1.29, 1.82) is 0 Å². The van der Waals surface area contributed by atoms with Crippen LogP contribution in [0.3, 0.4) is 0 Å². The van der Waals surface area contributed by atoms with E-state index in [-0.39, 0.29) is 17.9 Å². The maximum atomic E-state index is 13.0. The van der Waals surface area contributed by atoms with Crippen LogP contribution in [-0.2, 0) is 26.0 Å². The number of benzene rings is 1. The highest BCUT2D eigenvalue weighted by Gasteiger charge is 2.36. The Morgan fingerprint density at radius 1 is 0.906 bits per heavy atom. The summed E-state index contributed by atoms with van der Waals surface area (Å²) in [6.07, 6.45) is 4.28. The second-order valence-electron chi connectivity index (χ2n) is 9.13. The van der Waals surface area contributed by atoms with Gasteiger partial charge in [-0.05, 0) is 56.8 Å². The fraction of sp³-hybridized carbons (Fsp3) is 0.652. The zero-order chi connectivity index (χ0) is 22.7. The predicted octanol–water partition coefficient (Wildman–Crippen LogP) is 1.17. The summed E-state index contributed by atoms with van der Waals surface area (Å²) in [4.78, 5) is 32.1. The number of aryl methyl sites for hydroxylation is 1. The van der Waals surface area contributed by atoms with Gasteiger partial charge in [0.15, 0.2) is 0 Å². The average Bonchev–Trinajstić information content (AvgIpc) is 3.50. The van der Waals surface area contributed by atoms with E-state index in [1.165, 1.54) is 4.31 Å². The smallest absolute Gasteiger partial charge is 0.245 e. The van der Waals surface area contributed by atoms with Gasteiger partial charge in [-0.2, -0.15) is 4.31 Å². The van der Waals surface area contributed by atoms with Crippen LogP contribution in [-0.4, -0.2) is 98.1 Å². The van der Waals surface area contributed by atoms with E-state index >= 15 is 0 Å². The molecule has 8 nitrogen and oxygen atoms in total. The van der Waals surface area contributed by atoms with Gasteiger partial charge in [-0.15, -0.1) is 0 Å². The SMILES string of the molecule is CN1CCN(C(=O)C2CCCN2C(=O)CCc2ccc(S(=O)(=O)N3CCCC3)cc2)CC1. The van der Waals surface area contributed by atoms with Crippen molar-refractivity contribution in [3.8, 4) is 0 Å². The first kappa shape index (κ1) is 23.2. The van der Waals surface area contributed by atoms with Crippen molar-refractivity contribution in [3.05, 3.63) is 29.8 Å². The van der Waals surface area contributed by atoms with Crippen LogP contribution in [0.1, 0.15) is 37.7 Å². The van der Waals surface area contributed by atoms with Crippen molar-refractivity contribution in [2.75, 3.05) is 52.9 Å². The molecule has 0 spiro atoms. The molecule has 3 heterocycles. The minimum atomic E-state index is -3.42. The van der Waals surface area contributed by atoms with Gasteiger partial charge in [0.1, 0.15) is 6.04 Å². The standard InChI is InChI=1S/C23H34N4O4S/c1-24-15-17-25(18-16-24)23(29)21-5-4-14-27(21)22(28)11-8-19-6-9-20(10-7-19)32(30,31)26-12-2-3-13-26/h6-7,9-10,21H,2-5,8,11-18H2,1H3. The van der Waals surface area contributed by atoms with Gasteiger partial charge in [-0.3, -0.25) is 9.59 Å². The molecule has 3 aliphatic rings. The predicted molar refractivity (Wildman–Crippen MR) is 122 cm³/mol. The van der Waals surface area contributed by atoms with Gasteiger partial charge < -0.3 is 14.7 Å². The van der Waals surface area contributed by atoms with Gasteiger partial charge in [0.05, 0.1) is 4.90 Å². The van der Waals surface area contributed by atoms with Gasteiger partial charge in [0.2, 0.25) is 21.8 Å². The summed E-state index contributed by atoms with van der Waals surface area (Å²) in [7, 11) is -1.36. The molecule has 32 heavy (non-hydrogen) atoms. The molecule has 0 radical (unpaired) electrons. The number of hydrogen-bond acceptors (Lipinski definition) is 5. The van der Waals surface area contributed by atoms with Crippen LogP contribution in [0, 0.1) is 0 Å². The fourth-order valence-electron chi connectivity index (χ4n) is 4.86. The molecular formula is C23H34N4O4S. The summed E-state index contributed by atoms with van der Waals surface area (Å²) in [5.41, 5.74) is 0.930.